The highest BCUT2D eigenvalue weighted by Gasteiger charge is 2.29. The number of halogens is 1. The number of rotatable bonds is 8. The second-order valence-electron chi connectivity index (χ2n) is 7.26. The third kappa shape index (κ3) is 7.68. The molecule has 1 amide bonds. The van der Waals surface area contributed by atoms with E-state index in [1.165, 1.54) is 11.1 Å². The first-order chi connectivity index (χ1) is 13.7. The fraction of sp³-hybridized carbons (Fsp3) is 0.391. The van der Waals surface area contributed by atoms with Crippen LogP contribution < -0.4 is 10.6 Å². The van der Waals surface area contributed by atoms with Gasteiger partial charge in [-0.15, -0.1) is 24.0 Å². The zero-order valence-corrected chi connectivity index (χ0v) is 19.3. The second-order valence-corrected chi connectivity index (χ2v) is 7.26. The summed E-state index contributed by atoms with van der Waals surface area (Å²) in [6, 6.07) is 20.8. The lowest BCUT2D eigenvalue weighted by Crippen LogP contribution is -2.41. The van der Waals surface area contributed by atoms with Crippen molar-refractivity contribution >= 4 is 35.8 Å². The predicted octanol–water partition coefficient (Wildman–Crippen LogP) is 3.10. The average Bonchev–Trinajstić information content (AvgIpc) is 3.10. The molecular weight excluding hydrogens is 475 g/mol. The molecule has 6 heteroatoms. The van der Waals surface area contributed by atoms with Gasteiger partial charge in [0.05, 0.1) is 0 Å². The van der Waals surface area contributed by atoms with Gasteiger partial charge in [-0.25, -0.2) is 0 Å². The minimum atomic E-state index is 0. The molecule has 29 heavy (non-hydrogen) atoms. The molecule has 5 nitrogen and oxygen atoms in total. The number of aliphatic imine (C=N–C) groups is 1. The van der Waals surface area contributed by atoms with E-state index in [0.29, 0.717) is 12.3 Å². The summed E-state index contributed by atoms with van der Waals surface area (Å²) in [4.78, 5) is 18.6. The Morgan fingerprint density at radius 3 is 2.24 bits per heavy atom. The lowest BCUT2D eigenvalue weighted by atomic mass is 10.1. The van der Waals surface area contributed by atoms with Gasteiger partial charge in [0.2, 0.25) is 5.91 Å². The summed E-state index contributed by atoms with van der Waals surface area (Å²) in [5.74, 6) is 1.39. The Morgan fingerprint density at radius 2 is 1.62 bits per heavy atom. The van der Waals surface area contributed by atoms with Crippen LogP contribution in [-0.2, 0) is 17.6 Å². The summed E-state index contributed by atoms with van der Waals surface area (Å²) in [7, 11) is 1.78. The van der Waals surface area contributed by atoms with Gasteiger partial charge in [-0.1, -0.05) is 60.7 Å². The van der Waals surface area contributed by atoms with Crippen LogP contribution in [0.5, 0.6) is 0 Å². The fourth-order valence-electron chi connectivity index (χ4n) is 3.55. The molecule has 0 bridgehead atoms. The van der Waals surface area contributed by atoms with Gasteiger partial charge in [0.25, 0.3) is 0 Å². The summed E-state index contributed by atoms with van der Waals surface area (Å²) in [6.07, 6.45) is 2.48. The summed E-state index contributed by atoms with van der Waals surface area (Å²) in [6.45, 7) is 3.21. The highest BCUT2D eigenvalue weighted by molar-refractivity contribution is 14.0. The van der Waals surface area contributed by atoms with E-state index < -0.39 is 0 Å². The summed E-state index contributed by atoms with van der Waals surface area (Å²) in [5, 5.41) is 6.72. The molecule has 1 heterocycles. The number of nitrogens with zero attached hydrogens (tertiary/aromatic N) is 2. The van der Waals surface area contributed by atoms with Crippen LogP contribution in [0.15, 0.2) is 65.7 Å². The first-order valence-corrected chi connectivity index (χ1v) is 10.0. The van der Waals surface area contributed by atoms with Crippen LogP contribution in [0.4, 0.5) is 0 Å². The molecule has 2 aromatic carbocycles. The molecular formula is C23H31IN4O. The second kappa shape index (κ2) is 12.5. The molecule has 1 atom stereocenters. The minimum absolute atomic E-state index is 0. The van der Waals surface area contributed by atoms with Crippen molar-refractivity contribution in [1.29, 1.82) is 0 Å². The number of carbonyl (C=O) groups excluding carboxylic acids is 1. The maximum absolute atomic E-state index is 12.3. The SMILES string of the molecule is CN=C(NCCc1ccccc1)NCC1CC(=O)N(CCc2ccccc2)C1.I. The van der Waals surface area contributed by atoms with Gasteiger partial charge in [-0.2, -0.15) is 0 Å². The lowest BCUT2D eigenvalue weighted by Gasteiger charge is -2.18. The summed E-state index contributed by atoms with van der Waals surface area (Å²) >= 11 is 0. The molecule has 0 saturated carbocycles. The average molecular weight is 506 g/mol. The molecule has 1 fully saturated rings. The first kappa shape index (κ1) is 23.2. The van der Waals surface area contributed by atoms with Crippen molar-refractivity contribution in [3.8, 4) is 0 Å². The van der Waals surface area contributed by atoms with Crippen molar-refractivity contribution in [3.63, 3.8) is 0 Å². The molecule has 3 rings (SSSR count). The number of likely N-dealkylation sites (tertiary alicyclic amines) is 1. The summed E-state index contributed by atoms with van der Waals surface area (Å²) in [5.41, 5.74) is 2.58. The van der Waals surface area contributed by atoms with Gasteiger partial charge in [0, 0.05) is 45.6 Å². The number of nitrogens with one attached hydrogen (secondary N) is 2. The Balaban J connectivity index is 0.00000300. The third-order valence-corrected chi connectivity index (χ3v) is 5.14. The smallest absolute Gasteiger partial charge is 0.223 e. The van der Waals surface area contributed by atoms with Gasteiger partial charge in [-0.05, 0) is 24.0 Å². The zero-order valence-electron chi connectivity index (χ0n) is 17.0. The number of amides is 1. The van der Waals surface area contributed by atoms with E-state index in [2.05, 4.69) is 52.0 Å². The molecule has 156 valence electrons. The van der Waals surface area contributed by atoms with Crippen molar-refractivity contribution in [3.05, 3.63) is 71.8 Å². The van der Waals surface area contributed by atoms with Crippen LogP contribution in [0.2, 0.25) is 0 Å². The van der Waals surface area contributed by atoms with Crippen molar-refractivity contribution < 1.29 is 4.79 Å². The quantitative estimate of drug-likeness (QED) is 0.329. The van der Waals surface area contributed by atoms with Crippen LogP contribution in [0, 0.1) is 5.92 Å². The van der Waals surface area contributed by atoms with Crippen LogP contribution in [-0.4, -0.2) is 50.0 Å². The number of carbonyl (C=O) groups is 1. The largest absolute Gasteiger partial charge is 0.356 e. The minimum Gasteiger partial charge on any atom is -0.356 e. The molecule has 0 aliphatic carbocycles. The molecule has 1 aliphatic heterocycles. The van der Waals surface area contributed by atoms with E-state index in [9.17, 15) is 4.79 Å². The number of benzene rings is 2. The van der Waals surface area contributed by atoms with E-state index >= 15 is 0 Å². The molecule has 0 aromatic heterocycles. The van der Waals surface area contributed by atoms with Crippen molar-refractivity contribution in [1.82, 2.24) is 15.5 Å². The monoisotopic (exact) mass is 506 g/mol. The van der Waals surface area contributed by atoms with Crippen LogP contribution >= 0.6 is 24.0 Å². The third-order valence-electron chi connectivity index (χ3n) is 5.14. The van der Waals surface area contributed by atoms with E-state index in [1.54, 1.807) is 7.05 Å². The Kier molecular flexibility index (Phi) is 9.97. The van der Waals surface area contributed by atoms with E-state index in [1.807, 2.05) is 29.2 Å². The van der Waals surface area contributed by atoms with Gasteiger partial charge < -0.3 is 15.5 Å². The van der Waals surface area contributed by atoms with E-state index in [0.717, 1.165) is 45.0 Å². The number of hydrogen-bond donors (Lipinski definition) is 2. The Hall–Kier alpha value is -2.09. The molecule has 1 unspecified atom stereocenters. The molecule has 1 aliphatic rings. The van der Waals surface area contributed by atoms with Crippen LogP contribution in [0.25, 0.3) is 0 Å². The zero-order chi connectivity index (χ0) is 19.6. The maximum Gasteiger partial charge on any atom is 0.223 e. The standard InChI is InChI=1S/C23H30N4O.HI/c1-24-23(25-14-12-19-8-4-2-5-9-19)26-17-21-16-22(28)27(18-21)15-13-20-10-6-3-7-11-20;/h2-11,21H,12-18H2,1H3,(H2,24,25,26);1H. The molecule has 2 aromatic rings. The van der Waals surface area contributed by atoms with E-state index in [4.69, 9.17) is 0 Å². The molecule has 0 spiro atoms. The Labute approximate surface area is 191 Å². The fourth-order valence-corrected chi connectivity index (χ4v) is 3.55. The van der Waals surface area contributed by atoms with Gasteiger partial charge >= 0.3 is 0 Å². The Bertz CT molecular complexity index is 767. The highest BCUT2D eigenvalue weighted by Crippen LogP contribution is 2.17. The van der Waals surface area contributed by atoms with Crippen molar-refractivity contribution in [2.75, 3.05) is 33.2 Å². The van der Waals surface area contributed by atoms with Gasteiger partial charge in [0.1, 0.15) is 0 Å². The number of hydrogen-bond acceptors (Lipinski definition) is 2. The predicted molar refractivity (Wildman–Crippen MR) is 130 cm³/mol. The van der Waals surface area contributed by atoms with Gasteiger partial charge in [-0.3, -0.25) is 9.79 Å². The van der Waals surface area contributed by atoms with Crippen molar-refractivity contribution in [2.45, 2.75) is 19.3 Å². The highest BCUT2D eigenvalue weighted by atomic mass is 127. The molecule has 1 saturated heterocycles. The van der Waals surface area contributed by atoms with Crippen molar-refractivity contribution in [2.24, 2.45) is 10.9 Å². The van der Waals surface area contributed by atoms with Gasteiger partial charge in [0.15, 0.2) is 5.96 Å². The maximum atomic E-state index is 12.3. The van der Waals surface area contributed by atoms with Crippen LogP contribution in [0.3, 0.4) is 0 Å². The number of guanidine groups is 1. The molecule has 0 radical (unpaired) electrons. The van der Waals surface area contributed by atoms with E-state index in [-0.39, 0.29) is 29.9 Å². The van der Waals surface area contributed by atoms with Crippen LogP contribution in [0.1, 0.15) is 17.5 Å². The topological polar surface area (TPSA) is 56.7 Å². The lowest BCUT2D eigenvalue weighted by molar-refractivity contribution is -0.127. The summed E-state index contributed by atoms with van der Waals surface area (Å²) < 4.78 is 0. The first-order valence-electron chi connectivity index (χ1n) is 10.0. The Morgan fingerprint density at radius 1 is 1.00 bits per heavy atom. The normalized spacial score (nSPS) is 16.4. The molecule has 2 N–H and O–H groups in total.